The number of halogens is 2. The van der Waals surface area contributed by atoms with Gasteiger partial charge in [-0.2, -0.15) is 0 Å². The maximum absolute atomic E-state index is 13.6. The lowest BCUT2D eigenvalue weighted by Crippen LogP contribution is -2.28. The van der Waals surface area contributed by atoms with Gasteiger partial charge in [0, 0.05) is 18.3 Å². The van der Waals surface area contributed by atoms with Gasteiger partial charge in [-0.05, 0) is 30.2 Å². The summed E-state index contributed by atoms with van der Waals surface area (Å²) in [6.45, 7) is 4.36. The zero-order chi connectivity index (χ0) is 17.7. The number of nitrogens with one attached hydrogen (secondary N) is 2. The quantitative estimate of drug-likeness (QED) is 0.883. The van der Waals surface area contributed by atoms with Crippen LogP contribution in [0.3, 0.4) is 0 Å². The summed E-state index contributed by atoms with van der Waals surface area (Å²) in [7, 11) is 0. The Morgan fingerprint density at radius 3 is 2.42 bits per heavy atom. The highest BCUT2D eigenvalue weighted by molar-refractivity contribution is 6.05. The predicted octanol–water partition coefficient (Wildman–Crippen LogP) is 3.00. The predicted molar refractivity (Wildman–Crippen MR) is 85.7 cm³/mol. The van der Waals surface area contributed by atoms with E-state index < -0.39 is 29.1 Å². The molecule has 0 unspecified atom stereocenters. The van der Waals surface area contributed by atoms with Gasteiger partial charge in [-0.25, -0.2) is 8.78 Å². The lowest BCUT2D eigenvalue weighted by atomic mass is 10.2. The minimum absolute atomic E-state index is 0.0531. The number of rotatable bonds is 5. The van der Waals surface area contributed by atoms with E-state index >= 15 is 0 Å². The van der Waals surface area contributed by atoms with E-state index in [1.54, 1.807) is 0 Å². The zero-order valence-electron chi connectivity index (χ0n) is 13.3. The maximum Gasteiger partial charge on any atom is 0.269 e. The first-order valence-electron chi connectivity index (χ1n) is 7.38. The van der Waals surface area contributed by atoms with Crippen molar-refractivity contribution < 1.29 is 18.4 Å². The zero-order valence-corrected chi connectivity index (χ0v) is 13.3. The molecular formula is C17H17F2N3O2. The van der Waals surface area contributed by atoms with Crippen LogP contribution in [0.2, 0.25) is 0 Å². The summed E-state index contributed by atoms with van der Waals surface area (Å²) < 4.78 is 27.2. The van der Waals surface area contributed by atoms with Crippen molar-refractivity contribution in [2.45, 2.75) is 13.8 Å². The topological polar surface area (TPSA) is 71.1 Å². The Morgan fingerprint density at radius 2 is 1.79 bits per heavy atom. The summed E-state index contributed by atoms with van der Waals surface area (Å²) in [6.07, 6.45) is 1.29. The number of para-hydroxylation sites is 1. The van der Waals surface area contributed by atoms with Crippen LogP contribution in [-0.2, 0) is 0 Å². The molecule has 0 aliphatic carbocycles. The number of benzene rings is 1. The molecule has 1 aromatic carbocycles. The minimum Gasteiger partial charge on any atom is -0.350 e. The van der Waals surface area contributed by atoms with E-state index in [0.29, 0.717) is 6.54 Å². The van der Waals surface area contributed by atoms with Gasteiger partial charge in [0.05, 0.1) is 0 Å². The first kappa shape index (κ1) is 17.5. The second-order valence-electron chi connectivity index (χ2n) is 5.58. The van der Waals surface area contributed by atoms with E-state index in [9.17, 15) is 18.4 Å². The third-order valence-corrected chi connectivity index (χ3v) is 3.13. The van der Waals surface area contributed by atoms with E-state index in [1.807, 2.05) is 13.8 Å². The fourth-order valence-electron chi connectivity index (χ4n) is 1.89. The molecule has 0 aliphatic rings. The Bertz CT molecular complexity index is 743. The molecule has 5 nitrogen and oxygen atoms in total. The van der Waals surface area contributed by atoms with Gasteiger partial charge in [0.15, 0.2) is 0 Å². The van der Waals surface area contributed by atoms with E-state index in [4.69, 9.17) is 0 Å². The van der Waals surface area contributed by atoms with E-state index in [-0.39, 0.29) is 17.2 Å². The number of carbonyl (C=O) groups excluding carboxylic acids is 2. The average Bonchev–Trinajstić information content (AvgIpc) is 2.56. The molecule has 0 fully saturated rings. The molecule has 24 heavy (non-hydrogen) atoms. The number of carbonyl (C=O) groups is 2. The van der Waals surface area contributed by atoms with Gasteiger partial charge in [-0.15, -0.1) is 0 Å². The lowest BCUT2D eigenvalue weighted by molar-refractivity contribution is 0.0944. The molecule has 0 saturated carbocycles. The molecule has 0 radical (unpaired) electrons. The fraction of sp³-hybridized carbons (Fsp3) is 0.235. The van der Waals surface area contributed by atoms with Crippen LogP contribution in [0.5, 0.6) is 0 Å². The molecule has 1 aromatic heterocycles. The maximum atomic E-state index is 13.6. The molecule has 2 rings (SSSR count). The highest BCUT2D eigenvalue weighted by Gasteiger charge is 2.15. The third kappa shape index (κ3) is 4.34. The smallest absolute Gasteiger partial charge is 0.269 e. The largest absolute Gasteiger partial charge is 0.350 e. The number of nitrogens with zero attached hydrogens (tertiary/aromatic N) is 1. The van der Waals surface area contributed by atoms with Crippen LogP contribution in [0.4, 0.5) is 14.5 Å². The Morgan fingerprint density at radius 1 is 1.12 bits per heavy atom. The molecule has 0 bridgehead atoms. The molecule has 126 valence electrons. The second kappa shape index (κ2) is 7.63. The molecule has 7 heteroatoms. The van der Waals surface area contributed by atoms with Crippen molar-refractivity contribution in [3.8, 4) is 0 Å². The number of anilines is 1. The van der Waals surface area contributed by atoms with Crippen molar-refractivity contribution in [3.05, 3.63) is 59.4 Å². The Hall–Kier alpha value is -2.83. The molecule has 2 aromatic rings. The van der Waals surface area contributed by atoms with Crippen LogP contribution >= 0.6 is 0 Å². The molecule has 0 spiro atoms. The van der Waals surface area contributed by atoms with Crippen molar-refractivity contribution in [2.75, 3.05) is 11.9 Å². The molecular weight excluding hydrogens is 316 g/mol. The van der Waals surface area contributed by atoms with E-state index in [2.05, 4.69) is 15.6 Å². The third-order valence-electron chi connectivity index (χ3n) is 3.13. The number of amides is 2. The molecule has 0 saturated heterocycles. The van der Waals surface area contributed by atoms with Crippen molar-refractivity contribution in [2.24, 2.45) is 5.92 Å². The number of aromatic nitrogens is 1. The molecule has 1 heterocycles. The van der Waals surface area contributed by atoms with Crippen LogP contribution in [0.15, 0.2) is 36.5 Å². The van der Waals surface area contributed by atoms with Gasteiger partial charge in [0.1, 0.15) is 23.0 Å². The molecule has 0 atom stereocenters. The molecule has 0 aliphatic heterocycles. The van der Waals surface area contributed by atoms with Crippen molar-refractivity contribution in [1.82, 2.24) is 10.3 Å². The standard InChI is InChI=1S/C17H17F2N3O2/c1-10(2)9-21-17(24)14-8-11(6-7-20-14)16(23)22-15-12(18)4-3-5-13(15)19/h3-8,10H,9H2,1-2H3,(H,21,24)(H,22,23). The van der Waals surface area contributed by atoms with Gasteiger partial charge in [0.2, 0.25) is 0 Å². The van der Waals surface area contributed by atoms with Crippen LogP contribution in [0.1, 0.15) is 34.7 Å². The summed E-state index contributed by atoms with van der Waals surface area (Å²) in [6, 6.07) is 5.90. The fourth-order valence-corrected chi connectivity index (χ4v) is 1.89. The SMILES string of the molecule is CC(C)CNC(=O)c1cc(C(=O)Nc2c(F)cccc2F)ccn1. The van der Waals surface area contributed by atoms with Crippen LogP contribution in [-0.4, -0.2) is 23.3 Å². The Labute approximate surface area is 138 Å². The number of hydrogen-bond acceptors (Lipinski definition) is 3. The van der Waals surface area contributed by atoms with Crippen LogP contribution < -0.4 is 10.6 Å². The van der Waals surface area contributed by atoms with Gasteiger partial charge in [-0.1, -0.05) is 19.9 Å². The van der Waals surface area contributed by atoms with E-state index in [1.165, 1.54) is 24.4 Å². The van der Waals surface area contributed by atoms with Crippen molar-refractivity contribution in [1.29, 1.82) is 0 Å². The van der Waals surface area contributed by atoms with E-state index in [0.717, 1.165) is 12.1 Å². The monoisotopic (exact) mass is 333 g/mol. The molecule has 2 N–H and O–H groups in total. The molecule has 2 amide bonds. The highest BCUT2D eigenvalue weighted by Crippen LogP contribution is 2.19. The summed E-state index contributed by atoms with van der Waals surface area (Å²) in [5, 5.41) is 4.84. The minimum atomic E-state index is -0.882. The summed E-state index contributed by atoms with van der Waals surface area (Å²) in [5.74, 6) is -2.65. The van der Waals surface area contributed by atoms with Crippen LogP contribution in [0, 0.1) is 17.6 Å². The average molecular weight is 333 g/mol. The van der Waals surface area contributed by atoms with Gasteiger partial charge >= 0.3 is 0 Å². The van der Waals surface area contributed by atoms with Crippen molar-refractivity contribution in [3.63, 3.8) is 0 Å². The van der Waals surface area contributed by atoms with Gasteiger partial charge < -0.3 is 10.6 Å². The number of hydrogen-bond donors (Lipinski definition) is 2. The first-order chi connectivity index (χ1) is 11.4. The summed E-state index contributed by atoms with van der Waals surface area (Å²) in [4.78, 5) is 28.0. The van der Waals surface area contributed by atoms with Gasteiger partial charge in [0.25, 0.3) is 11.8 Å². The Kier molecular flexibility index (Phi) is 5.57. The lowest BCUT2D eigenvalue weighted by Gasteiger charge is -2.09. The highest BCUT2D eigenvalue weighted by atomic mass is 19.1. The second-order valence-corrected chi connectivity index (χ2v) is 5.58. The summed E-state index contributed by atoms with van der Waals surface area (Å²) in [5.41, 5.74) is -0.412. The van der Waals surface area contributed by atoms with Crippen LogP contribution in [0.25, 0.3) is 0 Å². The normalized spacial score (nSPS) is 10.5. The van der Waals surface area contributed by atoms with Gasteiger partial charge in [-0.3, -0.25) is 14.6 Å². The first-order valence-corrected chi connectivity index (χ1v) is 7.38. The number of pyridine rings is 1. The Balaban J connectivity index is 2.16. The van der Waals surface area contributed by atoms with Crippen molar-refractivity contribution >= 4 is 17.5 Å². The summed E-state index contributed by atoms with van der Waals surface area (Å²) >= 11 is 0.